The van der Waals surface area contributed by atoms with Gasteiger partial charge >= 0.3 is 6.01 Å². The molecule has 1 aliphatic rings. The molecule has 0 saturated heterocycles. The van der Waals surface area contributed by atoms with E-state index in [-0.39, 0.29) is 29.2 Å². The van der Waals surface area contributed by atoms with Crippen molar-refractivity contribution in [1.82, 2.24) is 29.5 Å². The number of hydrogen-bond acceptors (Lipinski definition) is 9. The van der Waals surface area contributed by atoms with E-state index in [9.17, 15) is 14.1 Å². The van der Waals surface area contributed by atoms with E-state index in [2.05, 4.69) is 36.0 Å². The number of rotatable bonds is 6. The summed E-state index contributed by atoms with van der Waals surface area (Å²) in [7, 11) is 2.70. The quantitative estimate of drug-likeness (QED) is 0.377. The van der Waals surface area contributed by atoms with E-state index < -0.39 is 0 Å². The van der Waals surface area contributed by atoms with Gasteiger partial charge in [-0.05, 0) is 29.5 Å². The summed E-state index contributed by atoms with van der Waals surface area (Å²) in [6.45, 7) is 0. The van der Waals surface area contributed by atoms with Crippen molar-refractivity contribution in [2.24, 2.45) is 0 Å². The van der Waals surface area contributed by atoms with Gasteiger partial charge in [0.05, 0.1) is 19.5 Å². The summed E-state index contributed by atoms with van der Waals surface area (Å²) in [5.41, 5.74) is 0.692. The molecule has 3 N–H and O–H groups in total. The molecule has 1 amide bonds. The number of fused-ring (bicyclic) bond motifs is 1. The summed E-state index contributed by atoms with van der Waals surface area (Å²) in [5, 5.41) is 13.5. The number of oxazole rings is 1. The highest BCUT2D eigenvalue weighted by Crippen LogP contribution is 2.22. The number of carbonyl (C=O) groups is 1. The van der Waals surface area contributed by atoms with E-state index in [0.29, 0.717) is 22.8 Å². The minimum absolute atomic E-state index is 0.166. The summed E-state index contributed by atoms with van der Waals surface area (Å²) < 4.78 is 17.9. The van der Waals surface area contributed by atoms with Gasteiger partial charge in [-0.3, -0.25) is 9.59 Å². The number of carbonyl (C=O) groups excluding carboxylic acids is 1. The van der Waals surface area contributed by atoms with Crippen molar-refractivity contribution >= 4 is 28.9 Å². The zero-order valence-corrected chi connectivity index (χ0v) is 19.2. The Balaban J connectivity index is 0.000000917. The van der Waals surface area contributed by atoms with Crippen molar-refractivity contribution in [1.29, 1.82) is 0 Å². The highest BCUT2D eigenvalue weighted by Gasteiger charge is 2.22. The second-order valence-electron chi connectivity index (χ2n) is 7.72. The van der Waals surface area contributed by atoms with Crippen molar-refractivity contribution in [3.8, 4) is 6.01 Å². The van der Waals surface area contributed by atoms with Crippen LogP contribution in [-0.4, -0.2) is 50.3 Å². The zero-order chi connectivity index (χ0) is 24.8. The third kappa shape index (κ3) is 5.14. The van der Waals surface area contributed by atoms with E-state index in [1.54, 1.807) is 36.0 Å². The lowest BCUT2D eigenvalue weighted by atomic mass is 10.2. The normalized spacial score (nSPS) is 13.3. The number of nitrogens with zero attached hydrogens (tertiary/aromatic N) is 5. The molecular weight excluding hydrogens is 459 g/mol. The molecular formula is C22H25FN8O4. The molecule has 0 unspecified atom stereocenters. The monoisotopic (exact) mass is 484 g/mol. The molecule has 1 saturated carbocycles. The van der Waals surface area contributed by atoms with E-state index in [1.807, 2.05) is 0 Å². The maximum Gasteiger partial charge on any atom is 0.308 e. The third-order valence-corrected chi connectivity index (χ3v) is 5.50. The van der Waals surface area contributed by atoms with Gasteiger partial charge in [-0.1, -0.05) is 12.8 Å². The van der Waals surface area contributed by atoms with E-state index in [0.717, 1.165) is 32.8 Å². The van der Waals surface area contributed by atoms with Gasteiger partial charge in [0, 0.05) is 25.4 Å². The fourth-order valence-corrected chi connectivity index (χ4v) is 3.91. The van der Waals surface area contributed by atoms with Gasteiger partial charge < -0.3 is 20.4 Å². The first kappa shape index (κ1) is 23.9. The number of nitrogens with one attached hydrogen (secondary N) is 3. The van der Waals surface area contributed by atoms with E-state index in [1.165, 1.54) is 23.2 Å². The van der Waals surface area contributed by atoms with Crippen molar-refractivity contribution in [3.63, 3.8) is 0 Å². The van der Waals surface area contributed by atoms with Gasteiger partial charge in [-0.15, -0.1) is 0 Å². The van der Waals surface area contributed by atoms with Gasteiger partial charge in [0.25, 0.3) is 11.5 Å². The van der Waals surface area contributed by atoms with Crippen LogP contribution in [0.5, 0.6) is 0 Å². The fourth-order valence-electron chi connectivity index (χ4n) is 3.91. The number of halogens is 1. The van der Waals surface area contributed by atoms with Crippen LogP contribution in [0.2, 0.25) is 0 Å². The average molecular weight is 484 g/mol. The highest BCUT2D eigenvalue weighted by molar-refractivity contribution is 6.00. The number of anilines is 3. The van der Waals surface area contributed by atoms with E-state index >= 15 is 0 Å². The molecule has 4 aromatic heterocycles. The lowest BCUT2D eigenvalue weighted by Crippen LogP contribution is -2.32. The largest absolute Gasteiger partial charge is 0.432 e. The highest BCUT2D eigenvalue weighted by atomic mass is 19.3. The molecule has 1 fully saturated rings. The zero-order valence-electron chi connectivity index (χ0n) is 19.2. The van der Waals surface area contributed by atoms with Crippen molar-refractivity contribution in [2.45, 2.75) is 31.7 Å². The maximum atomic E-state index is 12.9. The third-order valence-electron chi connectivity index (χ3n) is 5.50. The summed E-state index contributed by atoms with van der Waals surface area (Å²) in [5.74, 6) is 0.797. The lowest BCUT2D eigenvalue weighted by Gasteiger charge is -2.12. The minimum atomic E-state index is -0.352. The molecule has 4 heterocycles. The molecule has 12 nitrogen and oxygen atoms in total. The van der Waals surface area contributed by atoms with Crippen LogP contribution in [0.1, 0.15) is 36.0 Å². The lowest BCUT2D eigenvalue weighted by molar-refractivity contribution is -0.0960. The molecule has 4 aromatic rings. The Kier molecular flexibility index (Phi) is 7.35. The fraction of sp³-hybridized carbons (Fsp3) is 0.318. The van der Waals surface area contributed by atoms with Gasteiger partial charge in [0.1, 0.15) is 29.1 Å². The summed E-state index contributed by atoms with van der Waals surface area (Å²) in [6.07, 6.45) is 10.2. The molecule has 0 radical (unpaired) electrons. The van der Waals surface area contributed by atoms with Crippen LogP contribution >= 0.6 is 0 Å². The predicted molar refractivity (Wildman–Crippen MR) is 126 cm³/mol. The SMILES string of the molecule is CNc1cc(Nc2cccn(-c3ncco3)c2=O)nc2c(C(=O)NC3CCCC3)cnn12.COF. The maximum absolute atomic E-state index is 12.9. The topological polar surface area (TPSA) is 141 Å². The second kappa shape index (κ2) is 10.8. The first-order chi connectivity index (χ1) is 17.0. The molecule has 184 valence electrons. The molecule has 0 aliphatic heterocycles. The standard InChI is InChI=1S/C21H22N8O3.CH3FO/c1-22-17-11-16(26-15-7-4-9-28(20(15)31)21-23-8-10-32-21)27-18-14(12-24-29(17)18)19(30)25-13-5-2-3-6-13;1-3-2/h4,7-13,22H,2-3,5-6H2,1H3,(H,25,30)(H,26,27);1H3. The Morgan fingerprint density at radius 3 is 2.77 bits per heavy atom. The van der Waals surface area contributed by atoms with Crippen LogP contribution < -0.4 is 21.5 Å². The summed E-state index contributed by atoms with van der Waals surface area (Å²) in [4.78, 5) is 37.1. The van der Waals surface area contributed by atoms with Crippen molar-refractivity contribution < 1.29 is 18.7 Å². The van der Waals surface area contributed by atoms with Gasteiger partial charge in [-0.2, -0.15) is 14.6 Å². The first-order valence-corrected chi connectivity index (χ1v) is 11.0. The van der Waals surface area contributed by atoms with Crippen LogP contribution in [0, 0.1) is 0 Å². The van der Waals surface area contributed by atoms with Crippen molar-refractivity contribution in [3.05, 3.63) is 59.0 Å². The molecule has 0 bridgehead atoms. The predicted octanol–water partition coefficient (Wildman–Crippen LogP) is 2.84. The Labute approximate surface area is 199 Å². The van der Waals surface area contributed by atoms with Crippen LogP contribution in [-0.2, 0) is 4.94 Å². The van der Waals surface area contributed by atoms with Crippen LogP contribution in [0.15, 0.2) is 52.3 Å². The Morgan fingerprint density at radius 1 is 1.31 bits per heavy atom. The van der Waals surface area contributed by atoms with Gasteiger partial charge in [0.15, 0.2) is 5.65 Å². The number of aromatic nitrogens is 5. The van der Waals surface area contributed by atoms with Crippen LogP contribution in [0.25, 0.3) is 11.7 Å². The van der Waals surface area contributed by atoms with Crippen LogP contribution in [0.4, 0.5) is 21.8 Å². The molecule has 13 heteroatoms. The molecule has 0 aromatic carbocycles. The Morgan fingerprint density at radius 2 is 2.09 bits per heavy atom. The molecule has 35 heavy (non-hydrogen) atoms. The van der Waals surface area contributed by atoms with Crippen molar-refractivity contribution in [2.75, 3.05) is 24.8 Å². The Hall–Kier alpha value is -4.26. The number of pyridine rings is 1. The summed E-state index contributed by atoms with van der Waals surface area (Å²) in [6, 6.07) is 5.39. The Bertz CT molecular complexity index is 1350. The second-order valence-corrected chi connectivity index (χ2v) is 7.72. The van der Waals surface area contributed by atoms with Crippen LogP contribution in [0.3, 0.4) is 0 Å². The smallest absolute Gasteiger partial charge is 0.308 e. The van der Waals surface area contributed by atoms with E-state index in [4.69, 9.17) is 4.42 Å². The molecule has 0 spiro atoms. The van der Waals surface area contributed by atoms with Gasteiger partial charge in [0.2, 0.25) is 0 Å². The first-order valence-electron chi connectivity index (χ1n) is 11.0. The molecule has 0 atom stereocenters. The molecule has 1 aliphatic carbocycles. The number of hydrogen-bond donors (Lipinski definition) is 3. The van der Waals surface area contributed by atoms with Gasteiger partial charge in [-0.25, -0.2) is 14.5 Å². The number of amides is 1. The minimum Gasteiger partial charge on any atom is -0.432 e. The summed E-state index contributed by atoms with van der Waals surface area (Å²) >= 11 is 0. The molecule has 5 rings (SSSR count). The average Bonchev–Trinajstić information content (AvgIpc) is 3.62.